The number of anilines is 1. The molecule has 0 spiro atoms. The second-order valence-corrected chi connectivity index (χ2v) is 14.2. The Morgan fingerprint density at radius 1 is 0.804 bits per heavy atom. The summed E-state index contributed by atoms with van der Waals surface area (Å²) in [6.07, 6.45) is 4.15. The van der Waals surface area contributed by atoms with Gasteiger partial charge in [0.25, 0.3) is 10.0 Å². The molecule has 0 heterocycles. The van der Waals surface area contributed by atoms with E-state index >= 15 is 0 Å². The SMILES string of the molecule is Cc1ccc(CN(C(=O)CN(c2ccccc2Cl)S(=O)(=O)c2ccc(C)cc2)C(Cc2ccccc2)C(=O)NC2CCCC2)cc1. The number of halogens is 1. The zero-order valence-corrected chi connectivity index (χ0v) is 27.8. The average molecular weight is 658 g/mol. The van der Waals surface area contributed by atoms with Crippen LogP contribution in [0.2, 0.25) is 5.02 Å². The molecule has 1 N–H and O–H groups in total. The summed E-state index contributed by atoms with van der Waals surface area (Å²) in [5.41, 5.74) is 3.88. The van der Waals surface area contributed by atoms with Crippen molar-refractivity contribution in [1.82, 2.24) is 10.2 Å². The molecule has 46 heavy (non-hydrogen) atoms. The second-order valence-electron chi connectivity index (χ2n) is 12.0. The number of nitrogens with one attached hydrogen (secondary N) is 1. The topological polar surface area (TPSA) is 86.8 Å². The fourth-order valence-corrected chi connectivity index (χ4v) is 7.54. The Labute approximate surface area is 277 Å². The van der Waals surface area contributed by atoms with Crippen LogP contribution in [0.25, 0.3) is 0 Å². The summed E-state index contributed by atoms with van der Waals surface area (Å²) in [5.74, 6) is -0.763. The van der Waals surface area contributed by atoms with Gasteiger partial charge in [0.15, 0.2) is 0 Å². The lowest BCUT2D eigenvalue weighted by Gasteiger charge is -2.34. The molecule has 1 aliphatic rings. The van der Waals surface area contributed by atoms with Gasteiger partial charge in [-0.3, -0.25) is 13.9 Å². The molecule has 1 unspecified atom stereocenters. The molecule has 0 bridgehead atoms. The van der Waals surface area contributed by atoms with Crippen LogP contribution in [-0.2, 0) is 32.6 Å². The molecule has 0 aromatic heterocycles. The van der Waals surface area contributed by atoms with Gasteiger partial charge in [0, 0.05) is 19.0 Å². The van der Waals surface area contributed by atoms with E-state index in [2.05, 4.69) is 5.32 Å². The Kier molecular flexibility index (Phi) is 10.8. The third kappa shape index (κ3) is 8.17. The third-order valence-corrected chi connectivity index (χ3v) is 10.5. The van der Waals surface area contributed by atoms with E-state index in [1.807, 2.05) is 68.4 Å². The first kappa shape index (κ1) is 33.2. The van der Waals surface area contributed by atoms with Crippen LogP contribution in [0.1, 0.15) is 47.9 Å². The maximum absolute atomic E-state index is 14.6. The molecule has 5 rings (SSSR count). The van der Waals surface area contributed by atoms with E-state index in [1.54, 1.807) is 36.4 Å². The Hall–Kier alpha value is -4.14. The van der Waals surface area contributed by atoms with Crippen LogP contribution in [0, 0.1) is 13.8 Å². The summed E-state index contributed by atoms with van der Waals surface area (Å²) in [7, 11) is -4.22. The third-order valence-electron chi connectivity index (χ3n) is 8.46. The Morgan fingerprint density at radius 3 is 2.02 bits per heavy atom. The van der Waals surface area contributed by atoms with Crippen LogP contribution in [0.5, 0.6) is 0 Å². The van der Waals surface area contributed by atoms with E-state index in [-0.39, 0.29) is 40.5 Å². The molecule has 7 nitrogen and oxygen atoms in total. The quantitative estimate of drug-likeness (QED) is 0.181. The predicted octanol–water partition coefficient (Wildman–Crippen LogP) is 6.85. The van der Waals surface area contributed by atoms with Crippen molar-refractivity contribution < 1.29 is 18.0 Å². The number of amides is 2. The molecule has 1 saturated carbocycles. The molecule has 4 aromatic carbocycles. The van der Waals surface area contributed by atoms with Crippen molar-refractivity contribution in [3.8, 4) is 0 Å². The molecule has 1 aliphatic carbocycles. The molecule has 1 atom stereocenters. The maximum Gasteiger partial charge on any atom is 0.264 e. The Morgan fingerprint density at radius 2 is 1.39 bits per heavy atom. The molecule has 0 saturated heterocycles. The lowest BCUT2D eigenvalue weighted by atomic mass is 10.0. The minimum Gasteiger partial charge on any atom is -0.352 e. The number of rotatable bonds is 12. The molecular formula is C37H40ClN3O4S. The van der Waals surface area contributed by atoms with E-state index in [0.29, 0.717) is 0 Å². The number of benzene rings is 4. The van der Waals surface area contributed by atoms with E-state index < -0.39 is 28.5 Å². The smallest absolute Gasteiger partial charge is 0.264 e. The predicted molar refractivity (Wildman–Crippen MR) is 183 cm³/mol. The highest BCUT2D eigenvalue weighted by Crippen LogP contribution is 2.31. The largest absolute Gasteiger partial charge is 0.352 e. The number of nitrogens with zero attached hydrogens (tertiary/aromatic N) is 2. The summed E-state index contributed by atoms with van der Waals surface area (Å²) >= 11 is 6.57. The number of hydrogen-bond acceptors (Lipinski definition) is 4. The minimum atomic E-state index is -4.22. The van der Waals surface area contributed by atoms with E-state index in [9.17, 15) is 18.0 Å². The van der Waals surface area contributed by atoms with Crippen LogP contribution in [0.15, 0.2) is 108 Å². The summed E-state index contributed by atoms with van der Waals surface area (Å²) in [6, 6.07) is 29.6. The van der Waals surface area contributed by atoms with Crippen LogP contribution >= 0.6 is 11.6 Å². The Bertz CT molecular complexity index is 1740. The van der Waals surface area contributed by atoms with Crippen molar-refractivity contribution in [3.05, 3.63) is 130 Å². The van der Waals surface area contributed by atoms with Gasteiger partial charge >= 0.3 is 0 Å². The normalized spacial score (nSPS) is 14.1. The molecule has 240 valence electrons. The van der Waals surface area contributed by atoms with Crippen molar-refractivity contribution in [3.63, 3.8) is 0 Å². The fourth-order valence-electron chi connectivity index (χ4n) is 5.82. The first-order valence-electron chi connectivity index (χ1n) is 15.6. The first-order chi connectivity index (χ1) is 22.1. The van der Waals surface area contributed by atoms with E-state index in [4.69, 9.17) is 11.6 Å². The van der Waals surface area contributed by atoms with E-state index in [0.717, 1.165) is 52.2 Å². The van der Waals surface area contributed by atoms with Crippen molar-refractivity contribution >= 4 is 39.1 Å². The van der Waals surface area contributed by atoms with Gasteiger partial charge in [-0.15, -0.1) is 0 Å². The second kappa shape index (κ2) is 15.0. The van der Waals surface area contributed by atoms with Crippen LogP contribution in [0.3, 0.4) is 0 Å². The average Bonchev–Trinajstić information content (AvgIpc) is 3.56. The lowest BCUT2D eigenvalue weighted by Crippen LogP contribution is -2.54. The highest BCUT2D eigenvalue weighted by molar-refractivity contribution is 7.92. The lowest BCUT2D eigenvalue weighted by molar-refractivity contribution is -0.140. The number of para-hydroxylation sites is 1. The number of carbonyl (C=O) groups excluding carboxylic acids is 2. The maximum atomic E-state index is 14.6. The van der Waals surface area contributed by atoms with Crippen LogP contribution < -0.4 is 9.62 Å². The molecule has 0 aliphatic heterocycles. The number of hydrogen-bond donors (Lipinski definition) is 1. The number of aryl methyl sites for hydroxylation is 2. The van der Waals surface area contributed by atoms with Gasteiger partial charge in [-0.25, -0.2) is 8.42 Å². The highest BCUT2D eigenvalue weighted by Gasteiger charge is 2.36. The zero-order chi connectivity index (χ0) is 32.7. The molecular weight excluding hydrogens is 618 g/mol. The van der Waals surface area contributed by atoms with Gasteiger partial charge in [-0.05, 0) is 62.1 Å². The standard InChI is InChI=1S/C37H40ClN3O4S/c1-27-16-20-30(21-17-27)25-40(35(24-29-10-4-3-5-11-29)37(43)39-31-12-6-7-13-31)36(42)26-41(34-15-9-8-14-33(34)38)46(44,45)32-22-18-28(2)19-23-32/h3-5,8-11,14-23,31,35H,6-7,12-13,24-26H2,1-2H3,(H,39,43). The highest BCUT2D eigenvalue weighted by atomic mass is 35.5. The van der Waals surface area contributed by atoms with Crippen molar-refractivity contribution in [1.29, 1.82) is 0 Å². The summed E-state index contributed by atoms with van der Waals surface area (Å²) in [4.78, 5) is 30.3. The fraction of sp³-hybridized carbons (Fsp3) is 0.297. The van der Waals surface area contributed by atoms with Gasteiger partial charge in [0.1, 0.15) is 12.6 Å². The molecule has 2 amide bonds. The molecule has 1 fully saturated rings. The van der Waals surface area contributed by atoms with Crippen molar-refractivity contribution in [2.75, 3.05) is 10.8 Å². The van der Waals surface area contributed by atoms with Crippen LogP contribution in [0.4, 0.5) is 5.69 Å². The summed E-state index contributed by atoms with van der Waals surface area (Å²) < 4.78 is 29.4. The number of carbonyl (C=O) groups is 2. The van der Waals surface area contributed by atoms with Gasteiger partial charge < -0.3 is 10.2 Å². The van der Waals surface area contributed by atoms with E-state index in [1.165, 1.54) is 17.0 Å². The summed E-state index contributed by atoms with van der Waals surface area (Å²) in [5, 5.41) is 3.39. The van der Waals surface area contributed by atoms with Crippen molar-refractivity contribution in [2.24, 2.45) is 0 Å². The molecule has 0 radical (unpaired) electrons. The summed E-state index contributed by atoms with van der Waals surface area (Å²) in [6.45, 7) is 3.43. The van der Waals surface area contributed by atoms with Crippen LogP contribution in [-0.4, -0.2) is 43.8 Å². The molecule has 9 heteroatoms. The van der Waals surface area contributed by atoms with Gasteiger partial charge in [0.2, 0.25) is 11.8 Å². The number of sulfonamides is 1. The first-order valence-corrected chi connectivity index (χ1v) is 17.5. The monoisotopic (exact) mass is 657 g/mol. The van der Waals surface area contributed by atoms with Gasteiger partial charge in [-0.1, -0.05) is 114 Å². The van der Waals surface area contributed by atoms with Gasteiger partial charge in [-0.2, -0.15) is 0 Å². The Balaban J connectivity index is 1.57. The molecule has 4 aromatic rings. The van der Waals surface area contributed by atoms with Crippen molar-refractivity contribution in [2.45, 2.75) is 69.5 Å². The van der Waals surface area contributed by atoms with Gasteiger partial charge in [0.05, 0.1) is 15.6 Å². The zero-order valence-electron chi connectivity index (χ0n) is 26.2. The minimum absolute atomic E-state index is 0.0377.